The van der Waals surface area contributed by atoms with Crippen molar-refractivity contribution in [2.45, 2.75) is 20.3 Å². The summed E-state index contributed by atoms with van der Waals surface area (Å²) in [4.78, 5) is 23.5. The van der Waals surface area contributed by atoms with Crippen molar-refractivity contribution in [2.75, 3.05) is 0 Å². The van der Waals surface area contributed by atoms with Crippen LogP contribution in [0, 0.1) is 6.92 Å². The first-order valence-electron chi connectivity index (χ1n) is 7.60. The van der Waals surface area contributed by atoms with Crippen LogP contribution < -0.4 is 15.0 Å². The summed E-state index contributed by atoms with van der Waals surface area (Å²) in [6.07, 6.45) is 10.9. The number of benzene rings is 1. The largest absolute Gasteiger partial charge is 1.00 e. The molecule has 0 amide bonds. The van der Waals surface area contributed by atoms with E-state index < -0.39 is 0 Å². The van der Waals surface area contributed by atoms with Gasteiger partial charge in [-0.3, -0.25) is 0 Å². The molecule has 0 aliphatic heterocycles. The van der Waals surface area contributed by atoms with E-state index in [2.05, 4.69) is 36.8 Å². The zero-order valence-corrected chi connectivity index (χ0v) is 18.6. The summed E-state index contributed by atoms with van der Waals surface area (Å²) in [5.74, 6) is 1.74. The fraction of sp³-hybridized carbons (Fsp3) is 0.167. The molecule has 0 N–H and O–H groups in total. The molecule has 0 spiro atoms. The molecule has 154 valence electrons. The van der Waals surface area contributed by atoms with E-state index in [0.717, 1.165) is 29.3 Å². The molecular weight excluding hydrogens is 580 g/mol. The van der Waals surface area contributed by atoms with Crippen molar-refractivity contribution in [2.24, 2.45) is 0 Å². The molecular formula is C18H19Ag2CuN6. The fourth-order valence-electron chi connectivity index (χ4n) is 1.77. The van der Waals surface area contributed by atoms with Gasteiger partial charge in [-0.1, -0.05) is 91.9 Å². The van der Waals surface area contributed by atoms with Crippen LogP contribution >= 0.6 is 0 Å². The second-order valence-corrected chi connectivity index (χ2v) is 4.74. The van der Waals surface area contributed by atoms with Crippen molar-refractivity contribution in [3.8, 4) is 11.4 Å². The number of imidazole rings is 3. The van der Waals surface area contributed by atoms with Gasteiger partial charge in [0.05, 0.1) is 0 Å². The van der Waals surface area contributed by atoms with E-state index in [9.17, 15) is 0 Å². The van der Waals surface area contributed by atoms with Gasteiger partial charge in [0.15, 0.2) is 0 Å². The molecule has 6 nitrogen and oxygen atoms in total. The van der Waals surface area contributed by atoms with E-state index in [1.165, 1.54) is 6.33 Å². The number of hydrogen-bond donors (Lipinski definition) is 0. The van der Waals surface area contributed by atoms with Gasteiger partial charge in [0, 0.05) is 0 Å². The van der Waals surface area contributed by atoms with Crippen LogP contribution in [0.2, 0.25) is 0 Å². The van der Waals surface area contributed by atoms with Gasteiger partial charge < -0.3 is 29.9 Å². The Hall–Kier alpha value is -1.15. The minimum absolute atomic E-state index is 0. The molecule has 1 aromatic carbocycles. The van der Waals surface area contributed by atoms with Crippen LogP contribution in [0.4, 0.5) is 0 Å². The summed E-state index contributed by atoms with van der Waals surface area (Å²) in [5, 5.41) is 0. The maximum Gasteiger partial charge on any atom is 1.00 e. The summed E-state index contributed by atoms with van der Waals surface area (Å²) < 4.78 is 0. The van der Waals surface area contributed by atoms with Gasteiger partial charge in [0.2, 0.25) is 0 Å². The number of nitrogens with zero attached hydrogens (tertiary/aromatic N) is 6. The Morgan fingerprint density at radius 1 is 0.963 bits per heavy atom. The second-order valence-electron chi connectivity index (χ2n) is 4.74. The maximum atomic E-state index is 4.12. The van der Waals surface area contributed by atoms with Crippen LogP contribution in [-0.4, -0.2) is 15.0 Å². The molecule has 3 heterocycles. The van der Waals surface area contributed by atoms with Crippen molar-refractivity contribution in [1.29, 1.82) is 0 Å². The van der Waals surface area contributed by atoms with E-state index in [0.29, 0.717) is 0 Å². The first-order valence-corrected chi connectivity index (χ1v) is 7.60. The second kappa shape index (κ2) is 17.0. The quantitative estimate of drug-likeness (QED) is 0.330. The summed E-state index contributed by atoms with van der Waals surface area (Å²) in [6.45, 7) is 4.00. The summed E-state index contributed by atoms with van der Waals surface area (Å²) >= 11 is 0. The van der Waals surface area contributed by atoms with Gasteiger partial charge in [-0.2, -0.15) is 0 Å². The predicted octanol–water partition coefficient (Wildman–Crippen LogP) is 2.65. The van der Waals surface area contributed by atoms with Gasteiger partial charge in [0.1, 0.15) is 0 Å². The normalized spacial score (nSPS) is 8.37. The molecule has 0 aliphatic rings. The standard InChI is InChI=1S/C9H7N2.C6H9N2.C3H3N2.2Ag.Cu/c1-2-4-8(5-3-1)9-10-6-7-11-9;1-3-6-7-4-5(2)8-6;1-2-5-3-4-1;;;/h1-7H;4H,3H2,1-2H3;1-3H;;;/q3*-1;3*+1. The number of aromatic nitrogens is 6. The molecule has 27 heavy (non-hydrogen) atoms. The molecule has 4 rings (SSSR count). The minimum atomic E-state index is 0. The van der Waals surface area contributed by atoms with Crippen molar-refractivity contribution in [3.63, 3.8) is 0 Å². The molecule has 0 bridgehead atoms. The Balaban J connectivity index is 0. The van der Waals surface area contributed by atoms with Gasteiger partial charge in [-0.05, 0) is 18.9 Å². The minimum Gasteiger partial charge on any atom is -0.450 e. The molecule has 9 heteroatoms. The van der Waals surface area contributed by atoms with Crippen molar-refractivity contribution in [1.82, 2.24) is 29.9 Å². The molecule has 0 unspecified atom stereocenters. The van der Waals surface area contributed by atoms with Crippen LogP contribution in [-0.2, 0) is 68.2 Å². The van der Waals surface area contributed by atoms with Crippen LogP contribution in [0.1, 0.15) is 18.4 Å². The van der Waals surface area contributed by atoms with E-state index in [-0.39, 0.29) is 61.8 Å². The van der Waals surface area contributed by atoms with Crippen LogP contribution in [0.5, 0.6) is 0 Å². The molecule has 0 radical (unpaired) electrons. The average Bonchev–Trinajstić information content (AvgIpc) is 3.39. The predicted molar refractivity (Wildman–Crippen MR) is 92.2 cm³/mol. The number of aryl methyl sites for hydroxylation is 2. The van der Waals surface area contributed by atoms with Crippen molar-refractivity contribution >= 4 is 0 Å². The van der Waals surface area contributed by atoms with E-state index in [4.69, 9.17) is 0 Å². The molecule has 0 atom stereocenters. The Labute approximate surface area is 201 Å². The first-order chi connectivity index (χ1) is 11.8. The van der Waals surface area contributed by atoms with E-state index in [1.54, 1.807) is 31.0 Å². The monoisotopic (exact) mass is 596 g/mol. The summed E-state index contributed by atoms with van der Waals surface area (Å²) in [7, 11) is 0. The van der Waals surface area contributed by atoms with Gasteiger partial charge in [-0.15, -0.1) is 0 Å². The van der Waals surface area contributed by atoms with E-state index in [1.807, 2.05) is 37.3 Å². The fourth-order valence-corrected chi connectivity index (χ4v) is 1.77. The third-order valence-electron chi connectivity index (χ3n) is 2.89. The number of hydrogen-bond acceptors (Lipinski definition) is 3. The Morgan fingerprint density at radius 3 is 2.07 bits per heavy atom. The molecule has 0 saturated carbocycles. The molecule has 0 fully saturated rings. The summed E-state index contributed by atoms with van der Waals surface area (Å²) in [6, 6.07) is 9.93. The molecule has 4 aromatic rings. The van der Waals surface area contributed by atoms with Crippen LogP contribution in [0.15, 0.2) is 67.6 Å². The van der Waals surface area contributed by atoms with Gasteiger partial charge >= 0.3 is 61.8 Å². The molecule has 0 saturated heterocycles. The van der Waals surface area contributed by atoms with Crippen molar-refractivity contribution in [3.05, 3.63) is 79.2 Å². The van der Waals surface area contributed by atoms with Crippen LogP contribution in [0.3, 0.4) is 0 Å². The smallest absolute Gasteiger partial charge is 0.450 e. The maximum absolute atomic E-state index is 4.12. The van der Waals surface area contributed by atoms with Crippen LogP contribution in [0.25, 0.3) is 11.4 Å². The zero-order valence-electron chi connectivity index (χ0n) is 14.6. The SMILES string of the molecule is CCc1nc(C)c[n-]1.[Ag+].[Ag+].[Cu+].c1c[n-]cn1.c1ccc(-c2ncc[n-]2)cc1. The molecule has 3 aromatic heterocycles. The molecule has 0 aliphatic carbocycles. The summed E-state index contributed by atoms with van der Waals surface area (Å²) in [5.41, 5.74) is 2.08. The Bertz CT molecular complexity index is 756. The Morgan fingerprint density at radius 2 is 1.70 bits per heavy atom. The third-order valence-corrected chi connectivity index (χ3v) is 2.89. The first kappa shape index (κ1) is 28.1. The van der Waals surface area contributed by atoms with Gasteiger partial charge in [0.25, 0.3) is 0 Å². The third kappa shape index (κ3) is 11.3. The topological polar surface area (TPSA) is 81.0 Å². The van der Waals surface area contributed by atoms with Gasteiger partial charge in [-0.25, -0.2) is 0 Å². The van der Waals surface area contributed by atoms with E-state index >= 15 is 0 Å². The van der Waals surface area contributed by atoms with Crippen molar-refractivity contribution < 1.29 is 61.8 Å². The number of rotatable bonds is 2. The average molecular weight is 599 g/mol. The Kier molecular flexibility index (Phi) is 17.7. The zero-order chi connectivity index (χ0) is 17.0.